The van der Waals surface area contributed by atoms with E-state index in [1.54, 1.807) is 46.3 Å². The number of nitrogens with two attached hydrogens (primary N) is 1. The van der Waals surface area contributed by atoms with E-state index in [2.05, 4.69) is 16.0 Å². The van der Waals surface area contributed by atoms with Gasteiger partial charge in [0.1, 0.15) is 16.9 Å². The molecule has 2 aromatic heterocycles. The van der Waals surface area contributed by atoms with Crippen molar-refractivity contribution in [2.45, 2.75) is 26.4 Å². The molecule has 0 radical (unpaired) electrons. The van der Waals surface area contributed by atoms with Crippen LogP contribution in [0, 0.1) is 11.3 Å². The van der Waals surface area contributed by atoms with E-state index in [9.17, 15) is 4.79 Å². The minimum absolute atomic E-state index is 0.256. The van der Waals surface area contributed by atoms with Crippen molar-refractivity contribution in [2.24, 2.45) is 7.05 Å². The number of fused-ring (bicyclic) bond motifs is 1. The van der Waals surface area contributed by atoms with Crippen LogP contribution in [0.5, 0.6) is 0 Å². The Hall–Kier alpha value is -3.60. The third kappa shape index (κ3) is 3.47. The number of pyridine rings is 1. The zero-order valence-corrected chi connectivity index (χ0v) is 16.5. The van der Waals surface area contributed by atoms with Crippen LogP contribution < -0.4 is 10.6 Å². The van der Waals surface area contributed by atoms with Gasteiger partial charge in [-0.2, -0.15) is 5.26 Å². The third-order valence-electron chi connectivity index (χ3n) is 4.16. The van der Waals surface area contributed by atoms with E-state index in [4.69, 9.17) is 15.7 Å². The lowest BCUT2D eigenvalue weighted by atomic mass is 10.0. The highest BCUT2D eigenvalue weighted by Crippen LogP contribution is 2.36. The van der Waals surface area contributed by atoms with Gasteiger partial charge in [-0.05, 0) is 38.5 Å². The number of carbonyl (C=O) groups is 1. The van der Waals surface area contributed by atoms with Gasteiger partial charge in [-0.3, -0.25) is 4.90 Å². The molecule has 144 valence electrons. The summed E-state index contributed by atoms with van der Waals surface area (Å²) in [5, 5.41) is 9.02. The minimum atomic E-state index is -0.636. The highest BCUT2D eigenvalue weighted by atomic mass is 16.6. The Morgan fingerprint density at radius 3 is 2.50 bits per heavy atom. The largest absolute Gasteiger partial charge is 0.443 e. The second kappa shape index (κ2) is 6.85. The molecule has 0 saturated heterocycles. The summed E-state index contributed by atoms with van der Waals surface area (Å²) in [7, 11) is 3.42. The van der Waals surface area contributed by atoms with E-state index >= 15 is 0 Å². The van der Waals surface area contributed by atoms with Crippen LogP contribution in [0.1, 0.15) is 26.3 Å². The molecule has 8 heteroatoms. The average Bonchev–Trinajstić information content (AvgIpc) is 3.01. The molecule has 1 aromatic carbocycles. The fourth-order valence-electron chi connectivity index (χ4n) is 2.88. The summed E-state index contributed by atoms with van der Waals surface area (Å²) < 4.78 is 7.26. The number of nitrogens with zero attached hydrogens (tertiary/aromatic N) is 5. The Morgan fingerprint density at radius 1 is 1.29 bits per heavy atom. The van der Waals surface area contributed by atoms with Gasteiger partial charge in [0, 0.05) is 14.1 Å². The molecule has 3 aromatic rings. The number of nitrogen functional groups attached to an aromatic ring is 1. The van der Waals surface area contributed by atoms with Crippen LogP contribution in [0.3, 0.4) is 0 Å². The molecule has 0 fully saturated rings. The zero-order chi connectivity index (χ0) is 20.6. The molecule has 0 unspecified atom stereocenters. The minimum Gasteiger partial charge on any atom is -0.443 e. The molecule has 0 aliphatic rings. The Morgan fingerprint density at radius 2 is 1.93 bits per heavy atom. The Balaban J connectivity index is 2.16. The summed E-state index contributed by atoms with van der Waals surface area (Å²) >= 11 is 0. The van der Waals surface area contributed by atoms with Crippen LogP contribution in [-0.2, 0) is 11.8 Å². The quantitative estimate of drug-likeness (QED) is 0.731. The SMILES string of the molecule is CN(C(=O)OC(C)(C)C)c1nc(N)c(-c2ccc(C#N)cc2)c2c1ncn2C. The van der Waals surface area contributed by atoms with Crippen LogP contribution in [0.4, 0.5) is 16.4 Å². The first-order valence-corrected chi connectivity index (χ1v) is 8.70. The molecule has 0 aliphatic carbocycles. The fraction of sp³-hybridized carbons (Fsp3) is 0.300. The van der Waals surface area contributed by atoms with Gasteiger partial charge < -0.3 is 15.0 Å². The molecular formula is C20H22N6O2. The van der Waals surface area contributed by atoms with Gasteiger partial charge in [-0.15, -0.1) is 0 Å². The smallest absolute Gasteiger partial charge is 0.415 e. The van der Waals surface area contributed by atoms with Crippen molar-refractivity contribution in [1.82, 2.24) is 14.5 Å². The monoisotopic (exact) mass is 378 g/mol. The van der Waals surface area contributed by atoms with Crippen LogP contribution in [0.25, 0.3) is 22.2 Å². The van der Waals surface area contributed by atoms with Crippen molar-refractivity contribution in [3.05, 3.63) is 36.2 Å². The lowest BCUT2D eigenvalue weighted by Crippen LogP contribution is -2.34. The number of ether oxygens (including phenoxy) is 1. The number of rotatable bonds is 2. The summed E-state index contributed by atoms with van der Waals surface area (Å²) in [5.74, 6) is 0.575. The van der Waals surface area contributed by atoms with Crippen molar-refractivity contribution < 1.29 is 9.53 Å². The number of nitriles is 1. The van der Waals surface area contributed by atoms with Gasteiger partial charge in [-0.25, -0.2) is 14.8 Å². The molecule has 0 saturated carbocycles. The second-order valence-corrected chi connectivity index (χ2v) is 7.48. The molecule has 3 rings (SSSR count). The van der Waals surface area contributed by atoms with Gasteiger partial charge in [0.2, 0.25) is 0 Å². The summed E-state index contributed by atoms with van der Waals surface area (Å²) in [5.41, 5.74) is 8.98. The normalized spacial score (nSPS) is 11.3. The number of imidazole rings is 1. The van der Waals surface area contributed by atoms with Crippen LogP contribution in [-0.4, -0.2) is 33.3 Å². The van der Waals surface area contributed by atoms with E-state index in [0.717, 1.165) is 11.1 Å². The summed E-state index contributed by atoms with van der Waals surface area (Å²) in [6.45, 7) is 5.39. The van der Waals surface area contributed by atoms with Crippen LogP contribution in [0.15, 0.2) is 30.6 Å². The average molecular weight is 378 g/mol. The van der Waals surface area contributed by atoms with Gasteiger partial charge in [0.25, 0.3) is 0 Å². The van der Waals surface area contributed by atoms with Crippen molar-refractivity contribution >= 4 is 28.8 Å². The van der Waals surface area contributed by atoms with Crippen molar-refractivity contribution in [1.29, 1.82) is 5.26 Å². The molecular weight excluding hydrogens is 356 g/mol. The first kappa shape index (κ1) is 19.2. The van der Waals surface area contributed by atoms with Crippen molar-refractivity contribution in [3.8, 4) is 17.2 Å². The first-order valence-electron chi connectivity index (χ1n) is 8.70. The molecule has 0 bridgehead atoms. The van der Waals surface area contributed by atoms with Crippen molar-refractivity contribution in [2.75, 3.05) is 17.7 Å². The van der Waals surface area contributed by atoms with Gasteiger partial charge in [-0.1, -0.05) is 12.1 Å². The standard InChI is InChI=1S/C20H22N6O2/c1-20(2,3)28-19(27)26(5)18-15-16(25(4)11-23-15)14(17(22)24-18)13-8-6-12(10-21)7-9-13/h6-9,11H,1-5H3,(H2,22,24). The Bertz CT molecular complexity index is 1090. The zero-order valence-electron chi connectivity index (χ0n) is 16.5. The first-order chi connectivity index (χ1) is 13.1. The third-order valence-corrected chi connectivity index (χ3v) is 4.16. The van der Waals surface area contributed by atoms with Crippen LogP contribution in [0.2, 0.25) is 0 Å². The number of amides is 1. The lowest BCUT2D eigenvalue weighted by Gasteiger charge is -2.24. The molecule has 0 aliphatic heterocycles. The molecule has 28 heavy (non-hydrogen) atoms. The number of aromatic nitrogens is 3. The number of hydrogen-bond donors (Lipinski definition) is 1. The maximum Gasteiger partial charge on any atom is 0.415 e. The lowest BCUT2D eigenvalue weighted by molar-refractivity contribution is 0.0588. The van der Waals surface area contributed by atoms with Gasteiger partial charge in [0.15, 0.2) is 5.82 Å². The highest BCUT2D eigenvalue weighted by molar-refractivity contribution is 6.05. The number of carbonyl (C=O) groups excluding carboxylic acids is 1. The molecule has 0 spiro atoms. The second-order valence-electron chi connectivity index (χ2n) is 7.48. The van der Waals surface area contributed by atoms with E-state index in [-0.39, 0.29) is 5.82 Å². The number of hydrogen-bond acceptors (Lipinski definition) is 6. The number of anilines is 2. The van der Waals surface area contributed by atoms with E-state index in [0.29, 0.717) is 22.5 Å². The van der Waals surface area contributed by atoms with Crippen molar-refractivity contribution in [3.63, 3.8) is 0 Å². The number of benzene rings is 1. The highest BCUT2D eigenvalue weighted by Gasteiger charge is 2.26. The maximum absolute atomic E-state index is 12.5. The molecule has 8 nitrogen and oxygen atoms in total. The Kier molecular flexibility index (Phi) is 4.69. The van der Waals surface area contributed by atoms with Gasteiger partial charge in [0.05, 0.1) is 29.0 Å². The molecule has 2 N–H and O–H groups in total. The van der Waals surface area contributed by atoms with E-state index < -0.39 is 11.7 Å². The van der Waals surface area contributed by atoms with Gasteiger partial charge >= 0.3 is 6.09 Å². The molecule has 0 atom stereocenters. The predicted molar refractivity (Wildman–Crippen MR) is 108 cm³/mol. The summed E-state index contributed by atoms with van der Waals surface area (Å²) in [6.07, 6.45) is 1.10. The van der Waals surface area contributed by atoms with E-state index in [1.165, 1.54) is 4.90 Å². The maximum atomic E-state index is 12.5. The number of aryl methyl sites for hydroxylation is 1. The Labute approximate surface area is 163 Å². The predicted octanol–water partition coefficient (Wildman–Crippen LogP) is 3.46. The topological polar surface area (TPSA) is 110 Å². The van der Waals surface area contributed by atoms with Crippen LogP contribution >= 0.6 is 0 Å². The summed E-state index contributed by atoms with van der Waals surface area (Å²) in [4.78, 5) is 22.7. The molecule has 2 heterocycles. The molecule has 1 amide bonds. The summed E-state index contributed by atoms with van der Waals surface area (Å²) in [6, 6.07) is 9.17. The fourth-order valence-corrected chi connectivity index (χ4v) is 2.88. The van der Waals surface area contributed by atoms with E-state index in [1.807, 2.05) is 23.7 Å².